The first-order chi connectivity index (χ1) is 10.3. The van der Waals surface area contributed by atoms with Gasteiger partial charge in [-0.25, -0.2) is 4.79 Å². The van der Waals surface area contributed by atoms with Crippen LogP contribution >= 0.6 is 0 Å². The van der Waals surface area contributed by atoms with Gasteiger partial charge in [-0.05, 0) is 52.0 Å². The molecule has 0 aromatic heterocycles. The normalized spacial score (nSPS) is 17.8. The van der Waals surface area contributed by atoms with Crippen LogP contribution in [0.1, 0.15) is 47.0 Å². The van der Waals surface area contributed by atoms with Gasteiger partial charge in [0.25, 0.3) is 0 Å². The van der Waals surface area contributed by atoms with Gasteiger partial charge in [-0.15, -0.1) is 0 Å². The molecule has 0 radical (unpaired) electrons. The van der Waals surface area contributed by atoms with Crippen molar-refractivity contribution in [1.82, 2.24) is 5.32 Å². The van der Waals surface area contributed by atoms with Crippen molar-refractivity contribution >= 4 is 12.4 Å². The molecule has 0 aromatic rings. The van der Waals surface area contributed by atoms with Crippen molar-refractivity contribution < 1.29 is 14.3 Å². The van der Waals surface area contributed by atoms with Crippen LogP contribution in [-0.4, -0.2) is 24.5 Å². The van der Waals surface area contributed by atoms with E-state index < -0.39 is 11.7 Å². The van der Waals surface area contributed by atoms with Gasteiger partial charge in [0.15, 0.2) is 0 Å². The van der Waals surface area contributed by atoms with Crippen molar-refractivity contribution in [3.63, 3.8) is 0 Å². The molecular weight excluding hydrogens is 280 g/mol. The van der Waals surface area contributed by atoms with Gasteiger partial charge in [0.1, 0.15) is 11.9 Å². The SMILES string of the molecule is CCC(C=O)/C(=C\C=C(/N)CNC(=O)OC(C)(C)C)C1CC1. The summed E-state index contributed by atoms with van der Waals surface area (Å²) in [5, 5.41) is 2.61. The van der Waals surface area contributed by atoms with E-state index in [2.05, 4.69) is 5.32 Å². The number of rotatable bonds is 7. The Hall–Kier alpha value is -1.78. The molecule has 1 amide bonds. The average molecular weight is 308 g/mol. The van der Waals surface area contributed by atoms with E-state index in [1.165, 1.54) is 0 Å². The van der Waals surface area contributed by atoms with E-state index >= 15 is 0 Å². The largest absolute Gasteiger partial charge is 0.444 e. The fourth-order valence-electron chi connectivity index (χ4n) is 2.14. The number of amides is 1. The standard InChI is InChI=1S/C17H28N2O3/c1-5-12(11-20)15(13-6-7-13)9-8-14(18)10-19-16(21)22-17(2,3)4/h8-9,11-13H,5-7,10,18H2,1-4H3,(H,19,21)/b14-8-,15-9+. The summed E-state index contributed by atoms with van der Waals surface area (Å²) in [6, 6.07) is 0. The van der Waals surface area contributed by atoms with Crippen LogP contribution in [0, 0.1) is 11.8 Å². The Kier molecular flexibility index (Phi) is 6.65. The van der Waals surface area contributed by atoms with Gasteiger partial charge in [0, 0.05) is 11.6 Å². The molecule has 1 unspecified atom stereocenters. The second-order valence-corrected chi connectivity index (χ2v) is 6.69. The van der Waals surface area contributed by atoms with Crippen LogP contribution in [0.3, 0.4) is 0 Å². The number of hydrogen-bond donors (Lipinski definition) is 2. The van der Waals surface area contributed by atoms with Gasteiger partial charge in [-0.1, -0.05) is 18.6 Å². The molecule has 1 saturated carbocycles. The summed E-state index contributed by atoms with van der Waals surface area (Å²) in [5.74, 6) is 0.480. The number of aldehydes is 1. The van der Waals surface area contributed by atoms with Crippen LogP contribution in [0.5, 0.6) is 0 Å². The minimum absolute atomic E-state index is 0.0321. The zero-order valence-corrected chi connectivity index (χ0v) is 14.0. The number of allylic oxidation sites excluding steroid dienone is 3. The minimum Gasteiger partial charge on any atom is -0.444 e. The zero-order chi connectivity index (χ0) is 16.8. The summed E-state index contributed by atoms with van der Waals surface area (Å²) in [6.45, 7) is 7.65. The van der Waals surface area contributed by atoms with E-state index in [0.29, 0.717) is 11.6 Å². The first-order valence-electron chi connectivity index (χ1n) is 7.85. The van der Waals surface area contributed by atoms with Crippen LogP contribution in [-0.2, 0) is 9.53 Å². The first kappa shape index (κ1) is 18.3. The highest BCUT2D eigenvalue weighted by Crippen LogP contribution is 2.40. The maximum absolute atomic E-state index is 11.5. The average Bonchev–Trinajstić information content (AvgIpc) is 3.23. The quantitative estimate of drug-likeness (QED) is 0.559. The molecule has 1 rings (SSSR count). The highest BCUT2D eigenvalue weighted by atomic mass is 16.6. The van der Waals surface area contributed by atoms with Crippen molar-refractivity contribution in [3.8, 4) is 0 Å². The van der Waals surface area contributed by atoms with Crippen LogP contribution in [0.25, 0.3) is 0 Å². The van der Waals surface area contributed by atoms with E-state index in [4.69, 9.17) is 10.5 Å². The Morgan fingerprint density at radius 3 is 2.45 bits per heavy atom. The van der Waals surface area contributed by atoms with Crippen molar-refractivity contribution in [2.75, 3.05) is 6.54 Å². The number of carbonyl (C=O) groups is 2. The van der Waals surface area contributed by atoms with Gasteiger partial charge >= 0.3 is 6.09 Å². The van der Waals surface area contributed by atoms with Crippen LogP contribution in [0.4, 0.5) is 4.79 Å². The highest BCUT2D eigenvalue weighted by molar-refractivity contribution is 5.68. The number of nitrogens with one attached hydrogen (secondary N) is 1. The summed E-state index contributed by atoms with van der Waals surface area (Å²) < 4.78 is 5.14. The fourth-order valence-corrected chi connectivity index (χ4v) is 2.14. The van der Waals surface area contributed by atoms with Gasteiger partial charge in [-0.2, -0.15) is 0 Å². The van der Waals surface area contributed by atoms with Gasteiger partial charge in [-0.3, -0.25) is 0 Å². The molecule has 1 fully saturated rings. The smallest absolute Gasteiger partial charge is 0.407 e. The summed E-state index contributed by atoms with van der Waals surface area (Å²) in [5.41, 5.74) is 7.05. The van der Waals surface area contributed by atoms with E-state index in [1.54, 1.807) is 26.8 Å². The molecule has 1 atom stereocenters. The van der Waals surface area contributed by atoms with Crippen molar-refractivity contribution in [3.05, 3.63) is 23.4 Å². The number of hydrogen-bond acceptors (Lipinski definition) is 4. The summed E-state index contributed by atoms with van der Waals surface area (Å²) >= 11 is 0. The lowest BCUT2D eigenvalue weighted by atomic mass is 9.93. The third-order valence-corrected chi connectivity index (χ3v) is 3.41. The number of carbonyl (C=O) groups excluding carboxylic acids is 2. The van der Waals surface area contributed by atoms with Crippen LogP contribution in [0.2, 0.25) is 0 Å². The fraction of sp³-hybridized carbons (Fsp3) is 0.647. The summed E-state index contributed by atoms with van der Waals surface area (Å²) in [4.78, 5) is 22.7. The van der Waals surface area contributed by atoms with Crippen LogP contribution < -0.4 is 11.1 Å². The molecule has 0 saturated heterocycles. The molecule has 3 N–H and O–H groups in total. The lowest BCUT2D eigenvalue weighted by molar-refractivity contribution is -0.110. The summed E-state index contributed by atoms with van der Waals surface area (Å²) in [6.07, 6.45) is 7.31. The Labute approximate surface area is 133 Å². The predicted molar refractivity (Wildman–Crippen MR) is 87.2 cm³/mol. The lowest BCUT2D eigenvalue weighted by Crippen LogP contribution is -2.34. The second-order valence-electron chi connectivity index (χ2n) is 6.69. The Morgan fingerprint density at radius 2 is 2.00 bits per heavy atom. The molecule has 0 spiro atoms. The monoisotopic (exact) mass is 308 g/mol. The molecule has 0 heterocycles. The van der Waals surface area contributed by atoms with Crippen LogP contribution in [0.15, 0.2) is 23.4 Å². The molecule has 0 aliphatic heterocycles. The second kappa shape index (κ2) is 8.01. The van der Waals surface area contributed by atoms with Gasteiger partial charge in [0.2, 0.25) is 0 Å². The maximum atomic E-state index is 11.5. The number of alkyl carbamates (subject to hydrolysis) is 1. The maximum Gasteiger partial charge on any atom is 0.407 e. The predicted octanol–water partition coefficient (Wildman–Crippen LogP) is 2.92. The van der Waals surface area contributed by atoms with Crippen molar-refractivity contribution in [2.45, 2.75) is 52.6 Å². The number of ether oxygens (including phenoxy) is 1. The Morgan fingerprint density at radius 1 is 1.36 bits per heavy atom. The molecule has 5 nitrogen and oxygen atoms in total. The van der Waals surface area contributed by atoms with E-state index in [9.17, 15) is 9.59 Å². The minimum atomic E-state index is -0.528. The summed E-state index contributed by atoms with van der Waals surface area (Å²) in [7, 11) is 0. The molecule has 1 aliphatic rings. The Balaban J connectivity index is 2.57. The molecule has 5 heteroatoms. The van der Waals surface area contributed by atoms with E-state index in [1.807, 2.05) is 13.0 Å². The first-order valence-corrected chi connectivity index (χ1v) is 7.85. The van der Waals surface area contributed by atoms with Gasteiger partial charge in [0.05, 0.1) is 6.54 Å². The molecule has 0 bridgehead atoms. The lowest BCUT2D eigenvalue weighted by Gasteiger charge is -2.19. The molecular formula is C17H28N2O3. The number of nitrogens with two attached hydrogens (primary N) is 1. The third kappa shape index (κ3) is 6.78. The van der Waals surface area contributed by atoms with E-state index in [-0.39, 0.29) is 12.5 Å². The molecule has 124 valence electrons. The topological polar surface area (TPSA) is 81.4 Å². The molecule has 22 heavy (non-hydrogen) atoms. The zero-order valence-electron chi connectivity index (χ0n) is 14.0. The molecule has 1 aliphatic carbocycles. The van der Waals surface area contributed by atoms with Crippen molar-refractivity contribution in [1.29, 1.82) is 0 Å². The molecule has 0 aromatic carbocycles. The Bertz CT molecular complexity index is 457. The third-order valence-electron chi connectivity index (χ3n) is 3.41. The van der Waals surface area contributed by atoms with Crippen molar-refractivity contribution in [2.24, 2.45) is 17.6 Å². The van der Waals surface area contributed by atoms with Gasteiger partial charge < -0.3 is 20.6 Å². The van der Waals surface area contributed by atoms with E-state index in [0.717, 1.165) is 31.1 Å². The highest BCUT2D eigenvalue weighted by Gasteiger charge is 2.29.